The molecule has 1 aromatic heterocycles. The highest BCUT2D eigenvalue weighted by Gasteiger charge is 2.37. The summed E-state index contributed by atoms with van der Waals surface area (Å²) in [6.07, 6.45) is 1.51. The number of hydrogen-bond donors (Lipinski definition) is 1. The molecule has 0 saturated heterocycles. The molecule has 102 valence electrons. The lowest BCUT2D eigenvalue weighted by atomic mass is 10.0. The third-order valence-electron chi connectivity index (χ3n) is 3.53. The zero-order valence-electron chi connectivity index (χ0n) is 11.5. The Labute approximate surface area is 113 Å². The molecular formula is C15H19NO3. The number of aliphatic hydroxyl groups is 1. The molecule has 19 heavy (non-hydrogen) atoms. The molecule has 2 atom stereocenters. The van der Waals surface area contributed by atoms with Crippen LogP contribution in [-0.4, -0.2) is 28.8 Å². The van der Waals surface area contributed by atoms with E-state index >= 15 is 0 Å². The molecule has 2 unspecified atom stereocenters. The third kappa shape index (κ3) is 2.68. The smallest absolute Gasteiger partial charge is 0.312 e. The fraction of sp³-hybridized carbons (Fsp3) is 0.467. The number of carbonyl (C=O) groups is 1. The first kappa shape index (κ1) is 13.7. The predicted octanol–water partition coefficient (Wildman–Crippen LogP) is 2.11. The average Bonchev–Trinajstić information content (AvgIpc) is 2.68. The summed E-state index contributed by atoms with van der Waals surface area (Å²) >= 11 is 0. The van der Waals surface area contributed by atoms with Gasteiger partial charge in [-0.3, -0.25) is 9.78 Å². The van der Waals surface area contributed by atoms with Gasteiger partial charge in [-0.15, -0.1) is 0 Å². The van der Waals surface area contributed by atoms with Crippen LogP contribution in [0.3, 0.4) is 0 Å². The molecule has 0 aromatic carbocycles. The number of pyridine rings is 1. The van der Waals surface area contributed by atoms with Crippen molar-refractivity contribution < 1.29 is 14.6 Å². The lowest BCUT2D eigenvalue weighted by Gasteiger charge is -2.14. The van der Waals surface area contributed by atoms with Gasteiger partial charge < -0.3 is 9.84 Å². The van der Waals surface area contributed by atoms with E-state index in [0.29, 0.717) is 13.0 Å². The summed E-state index contributed by atoms with van der Waals surface area (Å²) in [5.41, 5.74) is 3.68. The number of rotatable bonds is 3. The highest BCUT2D eigenvalue weighted by molar-refractivity contribution is 5.82. The van der Waals surface area contributed by atoms with Crippen molar-refractivity contribution in [2.24, 2.45) is 5.92 Å². The summed E-state index contributed by atoms with van der Waals surface area (Å²) in [5.74, 6) is -0.838. The van der Waals surface area contributed by atoms with Crippen LogP contribution in [0.5, 0.6) is 0 Å². The van der Waals surface area contributed by atoms with Crippen molar-refractivity contribution in [1.29, 1.82) is 0 Å². The molecule has 0 fully saturated rings. The maximum atomic E-state index is 11.8. The average molecular weight is 261 g/mol. The topological polar surface area (TPSA) is 59.4 Å². The zero-order chi connectivity index (χ0) is 14.0. The number of esters is 1. The van der Waals surface area contributed by atoms with Gasteiger partial charge in [-0.05, 0) is 50.0 Å². The van der Waals surface area contributed by atoms with E-state index in [1.165, 1.54) is 0 Å². The quantitative estimate of drug-likeness (QED) is 0.847. The van der Waals surface area contributed by atoms with E-state index in [1.54, 1.807) is 13.1 Å². The lowest BCUT2D eigenvalue weighted by molar-refractivity contribution is -0.150. The Morgan fingerprint density at radius 3 is 2.79 bits per heavy atom. The number of hydrogen-bond acceptors (Lipinski definition) is 4. The standard InChI is InChI=1S/C15H19NO3/c1-4-19-15(18)12-7-11(10(3)14(12)17)13-6-5-9(2)8-16-13/h5-6,8,12,14,17H,4,7H2,1-3H3. The largest absolute Gasteiger partial charge is 0.466 e. The second-order valence-electron chi connectivity index (χ2n) is 4.89. The molecule has 2 rings (SSSR count). The van der Waals surface area contributed by atoms with Gasteiger partial charge in [-0.25, -0.2) is 0 Å². The minimum atomic E-state index is -0.767. The van der Waals surface area contributed by atoms with Gasteiger partial charge in [0.15, 0.2) is 0 Å². The number of ether oxygens (including phenoxy) is 1. The number of nitrogens with zero attached hydrogens (tertiary/aromatic N) is 1. The van der Waals surface area contributed by atoms with Crippen molar-refractivity contribution >= 4 is 11.5 Å². The van der Waals surface area contributed by atoms with Gasteiger partial charge in [0, 0.05) is 6.20 Å². The van der Waals surface area contributed by atoms with Gasteiger partial charge >= 0.3 is 5.97 Å². The molecule has 4 heteroatoms. The third-order valence-corrected chi connectivity index (χ3v) is 3.53. The summed E-state index contributed by atoms with van der Waals surface area (Å²) < 4.78 is 5.00. The first-order valence-corrected chi connectivity index (χ1v) is 6.52. The Hall–Kier alpha value is -1.68. The van der Waals surface area contributed by atoms with Crippen molar-refractivity contribution in [3.63, 3.8) is 0 Å². The molecule has 0 aliphatic heterocycles. The molecule has 1 aliphatic rings. The first-order chi connectivity index (χ1) is 9.04. The van der Waals surface area contributed by atoms with Crippen molar-refractivity contribution in [2.75, 3.05) is 6.61 Å². The molecule has 1 N–H and O–H groups in total. The first-order valence-electron chi connectivity index (χ1n) is 6.52. The number of aliphatic hydroxyl groups excluding tert-OH is 1. The van der Waals surface area contributed by atoms with Gasteiger partial charge in [0.05, 0.1) is 24.3 Å². The van der Waals surface area contributed by atoms with Crippen molar-refractivity contribution in [3.8, 4) is 0 Å². The summed E-state index contributed by atoms with van der Waals surface area (Å²) in [5, 5.41) is 10.2. The fourth-order valence-corrected chi connectivity index (χ4v) is 2.39. The van der Waals surface area contributed by atoms with Gasteiger partial charge in [0.1, 0.15) is 0 Å². The van der Waals surface area contributed by atoms with E-state index in [4.69, 9.17) is 4.74 Å². The fourth-order valence-electron chi connectivity index (χ4n) is 2.39. The van der Waals surface area contributed by atoms with E-state index in [-0.39, 0.29) is 5.97 Å². The van der Waals surface area contributed by atoms with Crippen LogP contribution in [0.15, 0.2) is 23.9 Å². The van der Waals surface area contributed by atoms with Gasteiger partial charge in [0.2, 0.25) is 0 Å². The van der Waals surface area contributed by atoms with Crippen LogP contribution >= 0.6 is 0 Å². The molecule has 1 aliphatic carbocycles. The Kier molecular flexibility index (Phi) is 4.00. The van der Waals surface area contributed by atoms with Crippen LogP contribution in [0.2, 0.25) is 0 Å². The van der Waals surface area contributed by atoms with E-state index in [1.807, 2.05) is 26.0 Å². The minimum Gasteiger partial charge on any atom is -0.466 e. The molecule has 0 amide bonds. The van der Waals surface area contributed by atoms with Crippen LogP contribution < -0.4 is 0 Å². The lowest BCUT2D eigenvalue weighted by Crippen LogP contribution is -2.26. The number of carbonyl (C=O) groups excluding carboxylic acids is 1. The van der Waals surface area contributed by atoms with Crippen LogP contribution in [-0.2, 0) is 9.53 Å². The Morgan fingerprint density at radius 2 is 2.21 bits per heavy atom. The Morgan fingerprint density at radius 1 is 1.47 bits per heavy atom. The maximum Gasteiger partial charge on any atom is 0.312 e. The Balaban J connectivity index is 2.23. The molecular weight excluding hydrogens is 242 g/mol. The SMILES string of the molecule is CCOC(=O)C1CC(c2ccc(C)cn2)=C(C)C1O. The zero-order valence-corrected chi connectivity index (χ0v) is 11.5. The van der Waals surface area contributed by atoms with Crippen LogP contribution in [0.1, 0.15) is 31.5 Å². The predicted molar refractivity (Wildman–Crippen MR) is 72.3 cm³/mol. The van der Waals surface area contributed by atoms with E-state index < -0.39 is 12.0 Å². The Bertz CT molecular complexity index is 505. The van der Waals surface area contributed by atoms with E-state index in [2.05, 4.69) is 4.98 Å². The van der Waals surface area contributed by atoms with Crippen molar-refractivity contribution in [2.45, 2.75) is 33.3 Å². The summed E-state index contributed by atoms with van der Waals surface area (Å²) in [6, 6.07) is 3.90. The highest BCUT2D eigenvalue weighted by Crippen LogP contribution is 2.37. The van der Waals surface area contributed by atoms with Crippen LogP contribution in [0, 0.1) is 12.8 Å². The minimum absolute atomic E-state index is 0.333. The second-order valence-corrected chi connectivity index (χ2v) is 4.89. The van der Waals surface area contributed by atoms with Gasteiger partial charge in [0.25, 0.3) is 0 Å². The number of allylic oxidation sites excluding steroid dienone is 1. The highest BCUT2D eigenvalue weighted by atomic mass is 16.5. The normalized spacial score (nSPS) is 22.7. The second kappa shape index (κ2) is 5.53. The summed E-state index contributed by atoms with van der Waals surface area (Å²) in [7, 11) is 0. The number of aromatic nitrogens is 1. The molecule has 0 saturated carbocycles. The molecule has 1 heterocycles. The monoisotopic (exact) mass is 261 g/mol. The maximum absolute atomic E-state index is 11.8. The molecule has 1 aromatic rings. The molecule has 4 nitrogen and oxygen atoms in total. The van der Waals surface area contributed by atoms with Crippen LogP contribution in [0.4, 0.5) is 0 Å². The van der Waals surface area contributed by atoms with E-state index in [9.17, 15) is 9.90 Å². The van der Waals surface area contributed by atoms with Gasteiger partial charge in [-0.2, -0.15) is 0 Å². The summed E-state index contributed by atoms with van der Waals surface area (Å²) in [6.45, 7) is 5.92. The molecule has 0 radical (unpaired) electrons. The number of aryl methyl sites for hydroxylation is 1. The van der Waals surface area contributed by atoms with E-state index in [0.717, 1.165) is 22.4 Å². The van der Waals surface area contributed by atoms with Gasteiger partial charge in [-0.1, -0.05) is 6.07 Å². The van der Waals surface area contributed by atoms with Crippen LogP contribution in [0.25, 0.3) is 5.57 Å². The molecule has 0 spiro atoms. The summed E-state index contributed by atoms with van der Waals surface area (Å²) in [4.78, 5) is 16.2. The van der Waals surface area contributed by atoms with Crippen molar-refractivity contribution in [1.82, 2.24) is 4.98 Å². The molecule has 0 bridgehead atoms. The van der Waals surface area contributed by atoms with Crippen molar-refractivity contribution in [3.05, 3.63) is 35.2 Å².